The van der Waals surface area contributed by atoms with Crippen molar-refractivity contribution in [3.05, 3.63) is 32.2 Å². The van der Waals surface area contributed by atoms with Gasteiger partial charge >= 0.3 is 11.9 Å². The van der Waals surface area contributed by atoms with E-state index in [1.54, 1.807) is 31.2 Å². The highest BCUT2D eigenvalue weighted by Gasteiger charge is 2.41. The molecule has 0 bridgehead atoms. The summed E-state index contributed by atoms with van der Waals surface area (Å²) in [7, 11) is 1.20. The van der Waals surface area contributed by atoms with Crippen LogP contribution < -0.4 is 4.74 Å². The van der Waals surface area contributed by atoms with Gasteiger partial charge in [0.25, 0.3) is 11.1 Å². The summed E-state index contributed by atoms with van der Waals surface area (Å²) in [6.45, 7) is 3.23. The Kier molecular flexibility index (Phi) is 7.87. The van der Waals surface area contributed by atoms with Crippen LogP contribution in [0.2, 0.25) is 0 Å². The molecule has 1 aromatic rings. The summed E-state index contributed by atoms with van der Waals surface area (Å²) in [4.78, 5) is 48.7. The Labute approximate surface area is 179 Å². The molecule has 1 aromatic carbocycles. The third-order valence-corrected chi connectivity index (χ3v) is 5.38. The topological polar surface area (TPSA) is 99.2 Å². The monoisotopic (exact) mass is 519 g/mol. The molecule has 150 valence electrons. The van der Waals surface area contributed by atoms with Gasteiger partial charge in [-0.25, -0.2) is 9.59 Å². The number of thioether (sulfide) groups is 1. The zero-order valence-electron chi connectivity index (χ0n) is 15.4. The van der Waals surface area contributed by atoms with Gasteiger partial charge in [-0.1, -0.05) is 6.07 Å². The molecule has 2 rings (SSSR count). The highest BCUT2D eigenvalue weighted by atomic mass is 127. The molecule has 1 aliphatic heterocycles. The quantitative estimate of drug-likeness (QED) is 0.308. The average molecular weight is 519 g/mol. The molecule has 0 saturated carbocycles. The Morgan fingerprint density at radius 1 is 1.32 bits per heavy atom. The molecule has 1 heterocycles. The van der Waals surface area contributed by atoms with Gasteiger partial charge in [-0.15, -0.1) is 0 Å². The van der Waals surface area contributed by atoms with E-state index < -0.39 is 29.1 Å². The van der Waals surface area contributed by atoms with Gasteiger partial charge in [0.15, 0.2) is 6.61 Å². The number of carbonyl (C=O) groups is 4. The number of hydrogen-bond acceptors (Lipinski definition) is 8. The highest BCUT2D eigenvalue weighted by molar-refractivity contribution is 14.1. The number of carbonyl (C=O) groups excluding carboxylic acids is 4. The number of amides is 2. The number of methoxy groups -OCH3 is 1. The molecule has 1 aliphatic rings. The van der Waals surface area contributed by atoms with Crippen molar-refractivity contribution in [3.8, 4) is 5.75 Å². The number of imide groups is 1. The first-order valence-corrected chi connectivity index (χ1v) is 10.1. The second-order valence-electron chi connectivity index (χ2n) is 5.53. The van der Waals surface area contributed by atoms with Crippen molar-refractivity contribution in [1.82, 2.24) is 4.90 Å². The van der Waals surface area contributed by atoms with Crippen molar-refractivity contribution in [2.24, 2.45) is 0 Å². The van der Waals surface area contributed by atoms with E-state index in [-0.39, 0.29) is 18.1 Å². The summed E-state index contributed by atoms with van der Waals surface area (Å²) in [5, 5.41) is -0.529. The molecular formula is C18H18INO7S. The van der Waals surface area contributed by atoms with Crippen molar-refractivity contribution in [2.75, 3.05) is 20.3 Å². The van der Waals surface area contributed by atoms with Crippen LogP contribution >= 0.6 is 34.4 Å². The first-order chi connectivity index (χ1) is 13.3. The molecule has 0 aliphatic carbocycles. The Morgan fingerprint density at radius 3 is 2.64 bits per heavy atom. The zero-order valence-corrected chi connectivity index (χ0v) is 18.4. The fourth-order valence-electron chi connectivity index (χ4n) is 2.30. The minimum absolute atomic E-state index is 0.201. The molecule has 8 nitrogen and oxygen atoms in total. The smallest absolute Gasteiger partial charge is 0.344 e. The van der Waals surface area contributed by atoms with Crippen molar-refractivity contribution in [1.29, 1.82) is 0 Å². The van der Waals surface area contributed by atoms with Crippen LogP contribution in [0.3, 0.4) is 0 Å². The fraction of sp³-hybridized carbons (Fsp3) is 0.333. The van der Waals surface area contributed by atoms with Crippen LogP contribution in [0.25, 0.3) is 6.08 Å². The number of hydrogen-bond donors (Lipinski definition) is 0. The highest BCUT2D eigenvalue weighted by Crippen LogP contribution is 2.34. The summed E-state index contributed by atoms with van der Waals surface area (Å²) in [6.07, 6.45) is 1.56. The van der Waals surface area contributed by atoms with Crippen molar-refractivity contribution in [2.45, 2.75) is 19.9 Å². The molecule has 1 fully saturated rings. The summed E-state index contributed by atoms with van der Waals surface area (Å²) in [6, 6.07) is 4.11. The van der Waals surface area contributed by atoms with Crippen LogP contribution in [0.5, 0.6) is 5.75 Å². The van der Waals surface area contributed by atoms with Crippen LogP contribution in [-0.2, 0) is 23.9 Å². The normalized spacial score (nSPS) is 16.3. The summed E-state index contributed by atoms with van der Waals surface area (Å²) >= 11 is 2.80. The molecule has 1 saturated heterocycles. The van der Waals surface area contributed by atoms with Crippen LogP contribution in [0.15, 0.2) is 23.1 Å². The molecule has 28 heavy (non-hydrogen) atoms. The molecule has 10 heteroatoms. The van der Waals surface area contributed by atoms with Crippen LogP contribution in [0, 0.1) is 3.57 Å². The first-order valence-electron chi connectivity index (χ1n) is 8.21. The van der Waals surface area contributed by atoms with E-state index in [1.165, 1.54) is 14.0 Å². The van der Waals surface area contributed by atoms with E-state index in [0.717, 1.165) is 20.2 Å². The molecule has 0 aromatic heterocycles. The predicted molar refractivity (Wildman–Crippen MR) is 111 cm³/mol. The van der Waals surface area contributed by atoms with Crippen molar-refractivity contribution < 1.29 is 33.4 Å². The maximum absolute atomic E-state index is 12.5. The van der Waals surface area contributed by atoms with Gasteiger partial charge in [0.2, 0.25) is 0 Å². The Hall–Kier alpha value is -2.08. The SMILES string of the molecule is CCOC(=O)COc1ccc(/C=C2/SC(=O)N([C@H](C)C(=O)OC)C2=O)cc1I. The van der Waals surface area contributed by atoms with Gasteiger partial charge in [-0.2, -0.15) is 0 Å². The van der Waals surface area contributed by atoms with E-state index in [1.807, 2.05) is 22.6 Å². The lowest BCUT2D eigenvalue weighted by atomic mass is 10.2. The van der Waals surface area contributed by atoms with Gasteiger partial charge in [-0.05, 0) is 72.0 Å². The number of ether oxygens (including phenoxy) is 3. The van der Waals surface area contributed by atoms with Crippen molar-refractivity contribution in [3.63, 3.8) is 0 Å². The maximum atomic E-state index is 12.5. The Bertz CT molecular complexity index is 839. The van der Waals surface area contributed by atoms with E-state index in [9.17, 15) is 19.2 Å². The Balaban J connectivity index is 2.14. The third kappa shape index (κ3) is 5.25. The second kappa shape index (κ2) is 9.92. The minimum atomic E-state index is -0.998. The average Bonchev–Trinajstić information content (AvgIpc) is 2.93. The minimum Gasteiger partial charge on any atom is -0.481 e. The third-order valence-electron chi connectivity index (χ3n) is 3.66. The number of esters is 2. The van der Waals surface area contributed by atoms with Gasteiger partial charge < -0.3 is 14.2 Å². The van der Waals surface area contributed by atoms with Gasteiger partial charge in [0.05, 0.1) is 22.2 Å². The molecule has 2 amide bonds. The lowest BCUT2D eigenvalue weighted by Gasteiger charge is -2.18. The predicted octanol–water partition coefficient (Wildman–Crippen LogP) is 2.83. The molecular weight excluding hydrogens is 501 g/mol. The standard InChI is InChI=1S/C18H18INO7S/c1-4-26-15(21)9-27-13-6-5-11(7-12(13)19)8-14-16(22)20(18(24)28-14)10(2)17(23)25-3/h5-8,10H,4,9H2,1-3H3/b14-8+/t10-/m1/s1. The molecule has 0 unspecified atom stereocenters. The van der Waals surface area contributed by atoms with E-state index in [2.05, 4.69) is 4.74 Å². The van der Waals surface area contributed by atoms with E-state index in [4.69, 9.17) is 9.47 Å². The van der Waals surface area contributed by atoms with Crippen molar-refractivity contribution >= 4 is 63.5 Å². The second-order valence-corrected chi connectivity index (χ2v) is 7.69. The van der Waals surface area contributed by atoms with Crippen LogP contribution in [-0.4, -0.2) is 54.4 Å². The van der Waals surface area contributed by atoms with E-state index >= 15 is 0 Å². The molecule has 0 radical (unpaired) electrons. The molecule has 0 spiro atoms. The van der Waals surface area contributed by atoms with Gasteiger partial charge in [0.1, 0.15) is 11.8 Å². The number of nitrogens with zero attached hydrogens (tertiary/aromatic N) is 1. The fourth-order valence-corrected chi connectivity index (χ4v) is 3.91. The molecule has 0 N–H and O–H groups in total. The Morgan fingerprint density at radius 2 is 2.04 bits per heavy atom. The van der Waals surface area contributed by atoms with Gasteiger partial charge in [0, 0.05) is 0 Å². The lowest BCUT2D eigenvalue weighted by molar-refractivity contribution is -0.148. The summed E-state index contributed by atoms with van der Waals surface area (Å²) < 4.78 is 15.5. The lowest BCUT2D eigenvalue weighted by Crippen LogP contribution is -2.42. The molecule has 1 atom stereocenters. The summed E-state index contributed by atoms with van der Waals surface area (Å²) in [5.41, 5.74) is 0.670. The number of rotatable bonds is 7. The summed E-state index contributed by atoms with van der Waals surface area (Å²) in [5.74, 6) is -1.18. The largest absolute Gasteiger partial charge is 0.481 e. The number of halogens is 1. The zero-order chi connectivity index (χ0) is 20.8. The van der Waals surface area contributed by atoms with Crippen LogP contribution in [0.4, 0.5) is 4.79 Å². The van der Waals surface area contributed by atoms with Crippen LogP contribution in [0.1, 0.15) is 19.4 Å². The van der Waals surface area contributed by atoms with E-state index in [0.29, 0.717) is 11.3 Å². The van der Waals surface area contributed by atoms with Gasteiger partial charge in [-0.3, -0.25) is 14.5 Å². The number of benzene rings is 1. The first kappa shape index (κ1) is 22.2. The maximum Gasteiger partial charge on any atom is 0.344 e.